The number of likely N-dealkylation sites (tertiary alicyclic amines) is 1. The van der Waals surface area contributed by atoms with Crippen LogP contribution < -0.4 is 0 Å². The molecule has 1 aliphatic rings. The van der Waals surface area contributed by atoms with Crippen molar-refractivity contribution in [1.82, 2.24) is 4.90 Å². The van der Waals surface area contributed by atoms with E-state index in [4.69, 9.17) is 0 Å². The molecule has 0 aromatic rings. The molecule has 130 valence electrons. The van der Waals surface area contributed by atoms with Crippen molar-refractivity contribution in [2.45, 2.75) is 105 Å². The van der Waals surface area contributed by atoms with Gasteiger partial charge in [0.2, 0.25) is 5.91 Å². The van der Waals surface area contributed by atoms with E-state index in [1.54, 1.807) is 0 Å². The summed E-state index contributed by atoms with van der Waals surface area (Å²) in [5, 5.41) is 0. The highest BCUT2D eigenvalue weighted by Gasteiger charge is 2.41. The second kappa shape index (κ2) is 8.36. The molecule has 0 spiro atoms. The zero-order valence-corrected chi connectivity index (χ0v) is 16.0. The van der Waals surface area contributed by atoms with Gasteiger partial charge in [-0.15, -0.1) is 0 Å². The third-order valence-corrected chi connectivity index (χ3v) is 6.80. The molecule has 0 aliphatic carbocycles. The van der Waals surface area contributed by atoms with Gasteiger partial charge in [0.15, 0.2) is 0 Å². The van der Waals surface area contributed by atoms with Gasteiger partial charge in [-0.3, -0.25) is 4.79 Å². The van der Waals surface area contributed by atoms with Crippen LogP contribution in [0.5, 0.6) is 0 Å². The van der Waals surface area contributed by atoms with Gasteiger partial charge in [-0.25, -0.2) is 0 Å². The summed E-state index contributed by atoms with van der Waals surface area (Å²) in [6.45, 7) is 15.0. The number of carbonyl (C=O) groups is 1. The SMILES string of the molecule is CCC(C)(CC)CC(N1CCCCCC1=O)C(C)(CC)CC. The second-order valence-electron chi connectivity index (χ2n) is 8.00. The zero-order chi connectivity index (χ0) is 16.8. The second-order valence-corrected chi connectivity index (χ2v) is 8.00. The van der Waals surface area contributed by atoms with Gasteiger partial charge >= 0.3 is 0 Å². The average Bonchev–Trinajstić information content (AvgIpc) is 2.76. The molecule has 1 saturated heterocycles. The maximum absolute atomic E-state index is 12.7. The molecular weight excluding hydrogens is 270 g/mol. The third kappa shape index (κ3) is 4.49. The number of rotatable bonds is 8. The van der Waals surface area contributed by atoms with Crippen molar-refractivity contribution in [3.63, 3.8) is 0 Å². The van der Waals surface area contributed by atoms with E-state index in [9.17, 15) is 4.79 Å². The van der Waals surface area contributed by atoms with Crippen LogP contribution in [0, 0.1) is 10.8 Å². The van der Waals surface area contributed by atoms with Gasteiger partial charge in [-0.1, -0.05) is 60.8 Å². The van der Waals surface area contributed by atoms with Crippen LogP contribution in [-0.2, 0) is 4.79 Å². The highest BCUT2D eigenvalue weighted by molar-refractivity contribution is 5.76. The van der Waals surface area contributed by atoms with Crippen molar-refractivity contribution in [3.8, 4) is 0 Å². The van der Waals surface area contributed by atoms with Gasteiger partial charge in [0, 0.05) is 19.0 Å². The minimum Gasteiger partial charge on any atom is -0.339 e. The summed E-state index contributed by atoms with van der Waals surface area (Å²) >= 11 is 0. The molecule has 1 amide bonds. The minimum atomic E-state index is 0.242. The average molecular weight is 310 g/mol. The van der Waals surface area contributed by atoms with Crippen LogP contribution in [0.15, 0.2) is 0 Å². The molecule has 1 aliphatic heterocycles. The van der Waals surface area contributed by atoms with Crippen LogP contribution in [0.2, 0.25) is 0 Å². The van der Waals surface area contributed by atoms with Crippen molar-refractivity contribution < 1.29 is 4.79 Å². The molecule has 0 aromatic heterocycles. The number of amides is 1. The Hall–Kier alpha value is -0.530. The quantitative estimate of drug-likeness (QED) is 0.555. The largest absolute Gasteiger partial charge is 0.339 e. The normalized spacial score (nSPS) is 19.2. The first-order valence-electron chi connectivity index (χ1n) is 9.65. The van der Waals surface area contributed by atoms with E-state index < -0.39 is 0 Å². The molecule has 1 atom stereocenters. The molecule has 1 fully saturated rings. The Morgan fingerprint density at radius 2 is 1.55 bits per heavy atom. The molecule has 0 N–H and O–H groups in total. The van der Waals surface area contributed by atoms with Crippen LogP contribution in [0.1, 0.15) is 99.3 Å². The third-order valence-electron chi connectivity index (χ3n) is 6.80. The van der Waals surface area contributed by atoms with Crippen LogP contribution >= 0.6 is 0 Å². The Kier molecular flexibility index (Phi) is 7.41. The van der Waals surface area contributed by atoms with Crippen molar-refractivity contribution >= 4 is 5.91 Å². The monoisotopic (exact) mass is 309 g/mol. The fourth-order valence-corrected chi connectivity index (χ4v) is 3.79. The van der Waals surface area contributed by atoms with E-state index in [0.29, 0.717) is 17.4 Å². The van der Waals surface area contributed by atoms with Crippen LogP contribution in [-0.4, -0.2) is 23.4 Å². The summed E-state index contributed by atoms with van der Waals surface area (Å²) in [6.07, 6.45) is 10.1. The van der Waals surface area contributed by atoms with Gasteiger partial charge in [-0.2, -0.15) is 0 Å². The van der Waals surface area contributed by atoms with E-state index in [0.717, 1.165) is 38.6 Å². The Morgan fingerprint density at radius 3 is 2.05 bits per heavy atom. The predicted octanol–water partition coefficient (Wildman–Crippen LogP) is 5.80. The van der Waals surface area contributed by atoms with Crippen molar-refractivity contribution in [1.29, 1.82) is 0 Å². The Morgan fingerprint density at radius 1 is 0.955 bits per heavy atom. The molecule has 22 heavy (non-hydrogen) atoms. The Bertz CT molecular complexity index is 342. The molecule has 0 bridgehead atoms. The fourth-order valence-electron chi connectivity index (χ4n) is 3.79. The van der Waals surface area contributed by atoms with Gasteiger partial charge < -0.3 is 4.90 Å². The first-order valence-corrected chi connectivity index (χ1v) is 9.65. The van der Waals surface area contributed by atoms with Crippen molar-refractivity contribution in [3.05, 3.63) is 0 Å². The van der Waals surface area contributed by atoms with Crippen LogP contribution in [0.4, 0.5) is 0 Å². The van der Waals surface area contributed by atoms with Gasteiger partial charge in [0.05, 0.1) is 0 Å². The lowest BCUT2D eigenvalue weighted by molar-refractivity contribution is -0.137. The summed E-state index contributed by atoms with van der Waals surface area (Å²) in [6, 6.07) is 0.401. The minimum absolute atomic E-state index is 0.242. The molecule has 2 nitrogen and oxygen atoms in total. The topological polar surface area (TPSA) is 20.3 Å². The highest BCUT2D eigenvalue weighted by atomic mass is 16.2. The number of hydrogen-bond acceptors (Lipinski definition) is 1. The van der Waals surface area contributed by atoms with E-state index in [1.807, 2.05) is 0 Å². The summed E-state index contributed by atoms with van der Waals surface area (Å²) in [5.41, 5.74) is 0.592. The van der Waals surface area contributed by atoms with E-state index in [2.05, 4.69) is 46.4 Å². The molecule has 2 heteroatoms. The fraction of sp³-hybridized carbons (Fsp3) is 0.950. The first-order chi connectivity index (χ1) is 10.4. The molecule has 1 unspecified atom stereocenters. The Balaban J connectivity index is 3.12. The molecule has 0 radical (unpaired) electrons. The van der Waals surface area contributed by atoms with Crippen molar-refractivity contribution in [2.75, 3.05) is 6.54 Å². The highest BCUT2D eigenvalue weighted by Crippen LogP contribution is 2.43. The Labute approximate surface area is 139 Å². The van der Waals surface area contributed by atoms with Crippen LogP contribution in [0.3, 0.4) is 0 Å². The summed E-state index contributed by atoms with van der Waals surface area (Å²) in [7, 11) is 0. The van der Waals surface area contributed by atoms with Crippen LogP contribution in [0.25, 0.3) is 0 Å². The lowest BCUT2D eigenvalue weighted by atomic mass is 9.68. The molecule has 1 rings (SSSR count). The van der Waals surface area contributed by atoms with Gasteiger partial charge in [-0.05, 0) is 42.9 Å². The number of hydrogen-bond donors (Lipinski definition) is 0. The lowest BCUT2D eigenvalue weighted by Gasteiger charge is -2.47. The van der Waals surface area contributed by atoms with Crippen molar-refractivity contribution in [2.24, 2.45) is 10.8 Å². The maximum atomic E-state index is 12.7. The predicted molar refractivity (Wildman–Crippen MR) is 96.0 cm³/mol. The molecule has 0 saturated carbocycles. The summed E-state index contributed by atoms with van der Waals surface area (Å²) in [4.78, 5) is 15.0. The smallest absolute Gasteiger partial charge is 0.222 e. The first kappa shape index (κ1) is 19.5. The zero-order valence-electron chi connectivity index (χ0n) is 16.0. The standard InChI is InChI=1S/C20H39NO/c1-7-19(5,8-2)16-17(20(6,9-3)10-4)21-15-13-11-12-14-18(21)22/h17H,7-16H2,1-6H3. The summed E-state index contributed by atoms with van der Waals surface area (Å²) < 4.78 is 0. The van der Waals surface area contributed by atoms with Gasteiger partial charge in [0.1, 0.15) is 0 Å². The molecular formula is C20H39NO. The van der Waals surface area contributed by atoms with Gasteiger partial charge in [0.25, 0.3) is 0 Å². The lowest BCUT2D eigenvalue weighted by Crippen LogP contribution is -2.51. The van der Waals surface area contributed by atoms with E-state index in [-0.39, 0.29) is 5.41 Å². The molecule has 1 heterocycles. The van der Waals surface area contributed by atoms with E-state index >= 15 is 0 Å². The van der Waals surface area contributed by atoms with E-state index in [1.165, 1.54) is 25.7 Å². The summed E-state index contributed by atoms with van der Waals surface area (Å²) in [5.74, 6) is 0.408. The maximum Gasteiger partial charge on any atom is 0.222 e. The molecule has 0 aromatic carbocycles. The number of carbonyl (C=O) groups excluding carboxylic acids is 1. The number of nitrogens with zero attached hydrogens (tertiary/aromatic N) is 1.